The van der Waals surface area contributed by atoms with Crippen LogP contribution in [0.15, 0.2) is 35.3 Å². The molecule has 0 saturated carbocycles. The second-order valence-corrected chi connectivity index (χ2v) is 11.5. The Morgan fingerprint density at radius 2 is 1.78 bits per heavy atom. The van der Waals surface area contributed by atoms with Crippen molar-refractivity contribution in [3.8, 4) is 16.3 Å². The first-order valence-corrected chi connectivity index (χ1v) is 11.9. The van der Waals surface area contributed by atoms with Crippen molar-refractivity contribution < 1.29 is 4.79 Å². The molecule has 0 spiro atoms. The van der Waals surface area contributed by atoms with E-state index in [1.54, 1.807) is 23.5 Å². The lowest BCUT2D eigenvalue weighted by atomic mass is 9.95. The van der Waals surface area contributed by atoms with E-state index in [2.05, 4.69) is 37.9 Å². The molecular weight excluding hydrogens is 463 g/mol. The Hall–Kier alpha value is -2.15. The Bertz CT molecular complexity index is 1260. The Morgan fingerprint density at radius 1 is 1.09 bits per heavy atom. The number of aromatic nitrogens is 2. The summed E-state index contributed by atoms with van der Waals surface area (Å²) in [5.74, 6) is 0.386. The minimum atomic E-state index is -0.716. The Kier molecular flexibility index (Phi) is 5.55. The Balaban J connectivity index is 1.97. The van der Waals surface area contributed by atoms with Crippen LogP contribution in [0.3, 0.4) is 0 Å². The van der Waals surface area contributed by atoms with E-state index in [0.29, 0.717) is 21.6 Å². The number of hydrogen-bond acceptors (Lipinski definition) is 4. The third-order valence-corrected chi connectivity index (χ3v) is 7.99. The summed E-state index contributed by atoms with van der Waals surface area (Å²) in [5.41, 5.74) is 2.57. The van der Waals surface area contributed by atoms with Crippen LogP contribution in [0.5, 0.6) is 0 Å². The molecule has 32 heavy (non-hydrogen) atoms. The number of thiophene rings is 1. The van der Waals surface area contributed by atoms with Gasteiger partial charge in [-0.15, -0.1) is 11.3 Å². The predicted molar refractivity (Wildman–Crippen MR) is 134 cm³/mol. The fraction of sp³-hybridized carbons (Fsp3) is 0.375. The summed E-state index contributed by atoms with van der Waals surface area (Å²) in [7, 11) is 1.87. The van der Waals surface area contributed by atoms with Gasteiger partial charge in [-0.3, -0.25) is 4.79 Å². The molecule has 3 aromatic rings. The summed E-state index contributed by atoms with van der Waals surface area (Å²) in [6.07, 6.45) is 0. The molecule has 0 aliphatic carbocycles. The Labute approximate surface area is 202 Å². The van der Waals surface area contributed by atoms with Crippen LogP contribution >= 0.6 is 34.5 Å². The lowest BCUT2D eigenvalue weighted by molar-refractivity contribution is -0.123. The second-order valence-electron chi connectivity index (χ2n) is 9.60. The van der Waals surface area contributed by atoms with Crippen molar-refractivity contribution in [3.63, 3.8) is 0 Å². The maximum atomic E-state index is 12.5. The van der Waals surface area contributed by atoms with Crippen molar-refractivity contribution in [2.24, 2.45) is 4.99 Å². The van der Waals surface area contributed by atoms with Gasteiger partial charge >= 0.3 is 0 Å². The molecule has 5 nitrogen and oxygen atoms in total. The summed E-state index contributed by atoms with van der Waals surface area (Å²) in [5, 5.41) is 5.98. The standard InChI is InChI=1S/C24H26Cl2N4OS/c1-13-19(21-27-22(31)24(5,6)29(21)7)28-30(16-9-8-14(25)12-15(16)26)20(13)17-10-11-18(32-17)23(2,3)4/h8-12H,1-7H3. The predicted octanol–water partition coefficient (Wildman–Crippen LogP) is 6.51. The summed E-state index contributed by atoms with van der Waals surface area (Å²) in [6, 6.07) is 9.64. The second kappa shape index (κ2) is 7.72. The zero-order valence-corrected chi connectivity index (χ0v) is 21.6. The number of amides is 1. The van der Waals surface area contributed by atoms with Crippen LogP contribution in [0, 0.1) is 6.92 Å². The van der Waals surface area contributed by atoms with Gasteiger partial charge in [-0.25, -0.2) is 4.68 Å². The monoisotopic (exact) mass is 488 g/mol. The van der Waals surface area contributed by atoms with Gasteiger partial charge in [-0.05, 0) is 56.5 Å². The average molecular weight is 489 g/mol. The summed E-state index contributed by atoms with van der Waals surface area (Å²) < 4.78 is 1.84. The first-order valence-electron chi connectivity index (χ1n) is 10.4. The molecule has 0 bridgehead atoms. The lowest BCUT2D eigenvalue weighted by Gasteiger charge is -2.27. The molecule has 0 radical (unpaired) electrons. The molecule has 3 heterocycles. The fourth-order valence-corrected chi connectivity index (χ4v) is 5.26. The van der Waals surface area contributed by atoms with Crippen molar-refractivity contribution in [1.29, 1.82) is 0 Å². The molecule has 0 saturated heterocycles. The molecule has 0 unspecified atom stereocenters. The molecule has 0 N–H and O–H groups in total. The van der Waals surface area contributed by atoms with Crippen molar-refractivity contribution in [1.82, 2.24) is 14.7 Å². The fourth-order valence-electron chi connectivity index (χ4n) is 3.62. The van der Waals surface area contributed by atoms with Crippen LogP contribution in [0.1, 0.15) is 50.8 Å². The number of aliphatic imine (C=N–C) groups is 1. The van der Waals surface area contributed by atoms with Gasteiger partial charge in [0.05, 0.1) is 21.3 Å². The van der Waals surface area contributed by atoms with Crippen LogP contribution in [0.4, 0.5) is 0 Å². The van der Waals surface area contributed by atoms with Gasteiger partial charge in [0.2, 0.25) is 0 Å². The number of likely N-dealkylation sites (N-methyl/N-ethyl adjacent to an activating group) is 1. The Morgan fingerprint density at radius 3 is 2.31 bits per heavy atom. The van der Waals surface area contributed by atoms with Crippen molar-refractivity contribution in [3.05, 3.63) is 56.5 Å². The molecule has 0 atom stereocenters. The number of rotatable bonds is 3. The highest BCUT2D eigenvalue weighted by Crippen LogP contribution is 2.40. The molecule has 1 aliphatic rings. The average Bonchev–Trinajstić information content (AvgIpc) is 3.34. The van der Waals surface area contributed by atoms with Crippen LogP contribution in [0.2, 0.25) is 10.0 Å². The van der Waals surface area contributed by atoms with Crippen LogP contribution in [-0.2, 0) is 10.2 Å². The van der Waals surface area contributed by atoms with E-state index >= 15 is 0 Å². The first-order chi connectivity index (χ1) is 14.8. The zero-order valence-electron chi connectivity index (χ0n) is 19.2. The number of carbonyl (C=O) groups excluding carboxylic acids is 1. The van der Waals surface area contributed by atoms with Crippen LogP contribution in [-0.4, -0.2) is 39.0 Å². The number of amidine groups is 1. The smallest absolute Gasteiger partial charge is 0.273 e. The summed E-state index contributed by atoms with van der Waals surface area (Å²) >= 11 is 14.5. The third kappa shape index (κ3) is 3.68. The van der Waals surface area contributed by atoms with E-state index in [-0.39, 0.29) is 11.3 Å². The normalized spacial score (nSPS) is 16.1. The van der Waals surface area contributed by atoms with Gasteiger partial charge < -0.3 is 4.90 Å². The number of nitrogens with zero attached hydrogens (tertiary/aromatic N) is 4. The maximum absolute atomic E-state index is 12.5. The molecule has 0 fully saturated rings. The SMILES string of the molecule is Cc1c(C2=NC(=O)C(C)(C)N2C)nn(-c2ccc(Cl)cc2Cl)c1-c1ccc(C(C)(C)C)s1. The van der Waals surface area contributed by atoms with Crippen LogP contribution < -0.4 is 0 Å². The van der Waals surface area contributed by atoms with Crippen LogP contribution in [0.25, 0.3) is 16.3 Å². The van der Waals surface area contributed by atoms with E-state index in [1.807, 2.05) is 43.5 Å². The topological polar surface area (TPSA) is 50.5 Å². The largest absolute Gasteiger partial charge is 0.343 e. The van der Waals surface area contributed by atoms with Gasteiger partial charge in [-0.2, -0.15) is 10.1 Å². The van der Waals surface area contributed by atoms with Crippen molar-refractivity contribution in [2.45, 2.75) is 52.5 Å². The van der Waals surface area contributed by atoms with E-state index < -0.39 is 5.54 Å². The van der Waals surface area contributed by atoms with E-state index in [0.717, 1.165) is 21.8 Å². The quantitative estimate of drug-likeness (QED) is 0.421. The highest BCUT2D eigenvalue weighted by Gasteiger charge is 2.42. The van der Waals surface area contributed by atoms with Crippen molar-refractivity contribution >= 4 is 46.3 Å². The molecule has 1 aromatic carbocycles. The van der Waals surface area contributed by atoms with E-state index in [4.69, 9.17) is 28.3 Å². The summed E-state index contributed by atoms with van der Waals surface area (Å²) in [4.78, 5) is 21.1. The highest BCUT2D eigenvalue weighted by molar-refractivity contribution is 7.15. The van der Waals surface area contributed by atoms with Gasteiger partial charge in [0.15, 0.2) is 5.84 Å². The van der Waals surface area contributed by atoms with E-state index in [9.17, 15) is 4.79 Å². The number of halogens is 2. The van der Waals surface area contributed by atoms with E-state index in [1.165, 1.54) is 4.88 Å². The van der Waals surface area contributed by atoms with Gasteiger partial charge in [-0.1, -0.05) is 44.0 Å². The molecule has 8 heteroatoms. The van der Waals surface area contributed by atoms with Crippen molar-refractivity contribution in [2.75, 3.05) is 7.05 Å². The minimum absolute atomic E-state index is 0.0363. The van der Waals surface area contributed by atoms with Gasteiger partial charge in [0.1, 0.15) is 11.2 Å². The third-order valence-electron chi connectivity index (χ3n) is 5.94. The molecule has 4 rings (SSSR count). The number of carbonyl (C=O) groups is 1. The lowest BCUT2D eigenvalue weighted by Crippen LogP contribution is -2.44. The maximum Gasteiger partial charge on any atom is 0.273 e. The molecule has 1 amide bonds. The first kappa shape index (κ1) is 23.0. The molecular formula is C24H26Cl2N4OS. The number of benzene rings is 1. The number of hydrogen-bond donors (Lipinski definition) is 0. The zero-order chi connectivity index (χ0) is 23.6. The molecule has 1 aliphatic heterocycles. The summed E-state index contributed by atoms with van der Waals surface area (Å²) in [6.45, 7) is 12.3. The van der Waals surface area contributed by atoms with Gasteiger partial charge in [0, 0.05) is 22.5 Å². The molecule has 2 aromatic heterocycles. The molecule has 168 valence electrons. The highest BCUT2D eigenvalue weighted by atomic mass is 35.5. The minimum Gasteiger partial charge on any atom is -0.343 e. The van der Waals surface area contributed by atoms with Gasteiger partial charge in [0.25, 0.3) is 5.91 Å².